The van der Waals surface area contributed by atoms with Crippen LogP contribution in [-0.4, -0.2) is 58.4 Å². The Balaban J connectivity index is 0.000000546. The maximum Gasteiger partial charge on any atom is 0.322 e. The molecule has 11 nitrogen and oxygen atoms in total. The van der Waals surface area contributed by atoms with Crippen LogP contribution in [0.3, 0.4) is 0 Å². The summed E-state index contributed by atoms with van der Waals surface area (Å²) in [7, 11) is 0. The second-order valence-corrected chi connectivity index (χ2v) is 5.83. The lowest BCUT2D eigenvalue weighted by atomic mass is 10.1. The predicted molar refractivity (Wildman–Crippen MR) is 106 cm³/mol. The Bertz CT molecular complexity index is 619. The number of carboxylic acids is 2. The highest BCUT2D eigenvalue weighted by Gasteiger charge is 2.16. The number of aromatic hydroxyl groups is 1. The minimum absolute atomic E-state index is 0.0129. The molecule has 2 atom stereocenters. The van der Waals surface area contributed by atoms with Crippen molar-refractivity contribution in [3.63, 3.8) is 0 Å². The Morgan fingerprint density at radius 3 is 2.21 bits per heavy atom. The summed E-state index contributed by atoms with van der Waals surface area (Å²) < 4.78 is 0. The molecule has 0 amide bonds. The van der Waals surface area contributed by atoms with Crippen molar-refractivity contribution in [2.75, 3.05) is 13.1 Å². The topological polar surface area (TPSA) is 209 Å². The van der Waals surface area contributed by atoms with Crippen molar-refractivity contribution in [2.45, 2.75) is 38.3 Å². The van der Waals surface area contributed by atoms with Crippen molar-refractivity contribution in [1.29, 1.82) is 0 Å². The van der Waals surface area contributed by atoms with E-state index in [1.54, 1.807) is 24.3 Å². The molecule has 0 radical (unpaired) electrons. The summed E-state index contributed by atoms with van der Waals surface area (Å²) in [6.07, 6.45) is 1.32. The minimum atomic E-state index is -1.00. The van der Waals surface area contributed by atoms with Crippen molar-refractivity contribution in [3.8, 4) is 5.75 Å². The second kappa shape index (κ2) is 14.2. The highest BCUT2D eigenvalue weighted by molar-refractivity contribution is 5.75. The molecule has 11 heteroatoms. The van der Waals surface area contributed by atoms with Crippen molar-refractivity contribution < 1.29 is 24.9 Å². The number of aliphatic imine (C=N–C) groups is 1. The van der Waals surface area contributed by atoms with E-state index >= 15 is 0 Å². The molecule has 158 valence electrons. The summed E-state index contributed by atoms with van der Waals surface area (Å²) in [6, 6.07) is 5.00. The Hall–Kier alpha value is -2.89. The highest BCUT2D eigenvalue weighted by atomic mass is 16.4. The van der Waals surface area contributed by atoms with Crippen LogP contribution >= 0.6 is 0 Å². The van der Waals surface area contributed by atoms with Crippen molar-refractivity contribution in [2.24, 2.45) is 22.2 Å². The first-order valence-corrected chi connectivity index (χ1v) is 8.70. The van der Waals surface area contributed by atoms with Gasteiger partial charge in [0, 0.05) is 13.1 Å². The average molecular weight is 398 g/mol. The molecule has 1 rings (SSSR count). The van der Waals surface area contributed by atoms with Crippen LogP contribution in [0.2, 0.25) is 0 Å². The van der Waals surface area contributed by atoms with Crippen LogP contribution in [0.5, 0.6) is 5.75 Å². The number of hydrazine groups is 1. The molecule has 0 heterocycles. The van der Waals surface area contributed by atoms with E-state index in [0.29, 0.717) is 32.4 Å². The lowest BCUT2D eigenvalue weighted by molar-refractivity contribution is -0.140. The van der Waals surface area contributed by atoms with Crippen LogP contribution in [0.4, 0.5) is 0 Å². The van der Waals surface area contributed by atoms with Crippen LogP contribution in [0.25, 0.3) is 0 Å². The zero-order valence-electron chi connectivity index (χ0n) is 15.8. The van der Waals surface area contributed by atoms with Gasteiger partial charge in [-0.25, -0.2) is 5.43 Å². The number of phenolic OH excluding ortho intramolecular Hbond substituents is 1. The third kappa shape index (κ3) is 12.5. The number of guanidine groups is 1. The molecule has 11 N–H and O–H groups in total. The van der Waals surface area contributed by atoms with E-state index in [1.165, 1.54) is 0 Å². The number of carboxylic acid groups (broad SMARTS) is 2. The third-order valence-electron chi connectivity index (χ3n) is 3.41. The number of nitrogens with one attached hydrogen (secondary N) is 2. The van der Waals surface area contributed by atoms with Crippen LogP contribution in [-0.2, 0) is 16.0 Å². The van der Waals surface area contributed by atoms with E-state index in [-0.39, 0.29) is 11.7 Å². The Kier molecular flexibility index (Phi) is 12.7. The number of nitrogens with zero attached hydrogens (tertiary/aromatic N) is 1. The normalized spacial score (nSPS) is 12.2. The minimum Gasteiger partial charge on any atom is -0.508 e. The monoisotopic (exact) mass is 398 g/mol. The van der Waals surface area contributed by atoms with E-state index in [2.05, 4.69) is 15.8 Å². The van der Waals surface area contributed by atoms with Gasteiger partial charge in [0.2, 0.25) is 0 Å². The first kappa shape index (κ1) is 25.1. The van der Waals surface area contributed by atoms with Gasteiger partial charge in [-0.2, -0.15) is 0 Å². The van der Waals surface area contributed by atoms with E-state index in [4.69, 9.17) is 32.5 Å². The molecule has 0 saturated heterocycles. The van der Waals surface area contributed by atoms with E-state index < -0.39 is 24.0 Å². The van der Waals surface area contributed by atoms with Crippen LogP contribution in [0, 0.1) is 0 Å². The summed E-state index contributed by atoms with van der Waals surface area (Å²) in [5.41, 5.74) is 21.7. The lowest BCUT2D eigenvalue weighted by Gasteiger charge is -2.14. The maximum absolute atomic E-state index is 10.9. The summed E-state index contributed by atoms with van der Waals surface area (Å²) in [5.74, 6) is -1.72. The molecule has 0 saturated carbocycles. The third-order valence-corrected chi connectivity index (χ3v) is 3.41. The molecule has 0 aromatic heterocycles. The van der Waals surface area contributed by atoms with E-state index in [0.717, 1.165) is 5.56 Å². The van der Waals surface area contributed by atoms with Gasteiger partial charge in [-0.15, -0.1) is 0 Å². The molecular weight excluding hydrogens is 368 g/mol. The fraction of sp³-hybridized carbons (Fsp3) is 0.471. The van der Waals surface area contributed by atoms with Gasteiger partial charge in [0.25, 0.3) is 0 Å². The standard InChI is InChI=1S/C11H16N2O3.C6H14N4O2/c1-2-12-13-10(11(15)16)7-8-3-5-9(14)6-4-8;7-4(5(11)12)2-1-3-10-6(8)9/h3-6,10,12-14H,2,7H2,1H3,(H,15,16);4H,1-3,7H2,(H,11,12)(H4,8,9,10). The van der Waals surface area contributed by atoms with Gasteiger partial charge in [-0.3, -0.25) is 20.0 Å². The van der Waals surface area contributed by atoms with Crippen LogP contribution in [0.1, 0.15) is 25.3 Å². The molecule has 2 unspecified atom stereocenters. The number of rotatable bonds is 11. The Labute approximate surface area is 163 Å². The summed E-state index contributed by atoms with van der Waals surface area (Å²) in [4.78, 5) is 24.8. The molecule has 0 aliphatic carbocycles. The summed E-state index contributed by atoms with van der Waals surface area (Å²) >= 11 is 0. The largest absolute Gasteiger partial charge is 0.508 e. The number of hydrogen-bond acceptors (Lipinski definition) is 7. The first-order valence-electron chi connectivity index (χ1n) is 8.70. The van der Waals surface area contributed by atoms with Gasteiger partial charge < -0.3 is 32.5 Å². The van der Waals surface area contributed by atoms with Crippen LogP contribution in [0.15, 0.2) is 29.3 Å². The van der Waals surface area contributed by atoms with Gasteiger partial charge in [-0.05, 0) is 37.0 Å². The van der Waals surface area contributed by atoms with Crippen molar-refractivity contribution >= 4 is 17.9 Å². The van der Waals surface area contributed by atoms with Gasteiger partial charge >= 0.3 is 11.9 Å². The second-order valence-electron chi connectivity index (χ2n) is 5.83. The zero-order valence-corrected chi connectivity index (χ0v) is 15.8. The Morgan fingerprint density at radius 1 is 1.14 bits per heavy atom. The lowest BCUT2D eigenvalue weighted by Crippen LogP contribution is -2.46. The van der Waals surface area contributed by atoms with Gasteiger partial charge in [0.05, 0.1) is 0 Å². The number of nitrogens with two attached hydrogens (primary N) is 3. The SMILES string of the molecule is CCNNC(Cc1ccc(O)cc1)C(=O)O.NC(N)=NCCCC(N)C(=O)O. The van der Waals surface area contributed by atoms with E-state index in [1.807, 2.05) is 6.92 Å². The van der Waals surface area contributed by atoms with Crippen LogP contribution < -0.4 is 28.1 Å². The summed E-state index contributed by atoms with van der Waals surface area (Å²) in [5, 5.41) is 26.4. The smallest absolute Gasteiger partial charge is 0.322 e. The fourth-order valence-electron chi connectivity index (χ4n) is 1.94. The molecular formula is C17H30N6O5. The van der Waals surface area contributed by atoms with Gasteiger partial charge in [0.1, 0.15) is 17.8 Å². The van der Waals surface area contributed by atoms with Crippen molar-refractivity contribution in [1.82, 2.24) is 10.9 Å². The first-order chi connectivity index (χ1) is 13.2. The number of hydrogen-bond donors (Lipinski definition) is 8. The number of benzene rings is 1. The van der Waals surface area contributed by atoms with Crippen molar-refractivity contribution in [3.05, 3.63) is 29.8 Å². The van der Waals surface area contributed by atoms with E-state index in [9.17, 15) is 9.59 Å². The maximum atomic E-state index is 10.9. The van der Waals surface area contributed by atoms with Gasteiger partial charge in [0.15, 0.2) is 5.96 Å². The molecule has 0 aliphatic heterocycles. The molecule has 1 aromatic rings. The zero-order chi connectivity index (χ0) is 21.5. The predicted octanol–water partition coefficient (Wildman–Crippen LogP) is -1.05. The highest BCUT2D eigenvalue weighted by Crippen LogP contribution is 2.11. The molecule has 28 heavy (non-hydrogen) atoms. The van der Waals surface area contributed by atoms with Gasteiger partial charge in [-0.1, -0.05) is 19.1 Å². The Morgan fingerprint density at radius 2 is 1.75 bits per heavy atom. The molecule has 0 spiro atoms. The quantitative estimate of drug-likeness (QED) is 0.0981. The molecule has 0 aliphatic rings. The average Bonchev–Trinajstić information content (AvgIpc) is 2.63. The molecule has 0 fully saturated rings. The number of carbonyl (C=O) groups is 2. The molecule has 1 aromatic carbocycles. The fourth-order valence-corrected chi connectivity index (χ4v) is 1.94. The summed E-state index contributed by atoms with van der Waals surface area (Å²) in [6.45, 7) is 2.95. The number of phenols is 1. The molecule has 0 bridgehead atoms. The number of aliphatic carboxylic acids is 2.